The summed E-state index contributed by atoms with van der Waals surface area (Å²) in [5, 5.41) is 8.65. The number of hydrogen-bond donors (Lipinski definition) is 1. The van der Waals surface area contributed by atoms with Gasteiger partial charge in [-0.25, -0.2) is 4.79 Å². The number of nitrogens with zero attached hydrogens (tertiary/aromatic N) is 1. The Labute approximate surface area is 99.1 Å². The number of rotatable bonds is 10. The average Bonchev–Trinajstić information content (AvgIpc) is 2.24. The molecule has 3 heteroatoms. The van der Waals surface area contributed by atoms with Crippen LogP contribution >= 0.6 is 0 Å². The number of aliphatic carboxylic acids is 1. The minimum Gasteiger partial charge on any atom is -0.478 e. The molecule has 0 aromatic carbocycles. The van der Waals surface area contributed by atoms with Gasteiger partial charge in [-0.2, -0.15) is 0 Å². The van der Waals surface area contributed by atoms with Gasteiger partial charge in [0.25, 0.3) is 0 Å². The number of carbonyl (C=O) groups is 1. The smallest absolute Gasteiger partial charge is 0.330 e. The molecule has 94 valence electrons. The molecule has 0 atom stereocenters. The Bertz CT molecular complexity index is 208. The van der Waals surface area contributed by atoms with E-state index in [-0.39, 0.29) is 0 Å². The van der Waals surface area contributed by atoms with E-state index < -0.39 is 5.97 Å². The Hall–Kier alpha value is -0.830. The van der Waals surface area contributed by atoms with Crippen molar-refractivity contribution in [2.75, 3.05) is 19.6 Å². The Morgan fingerprint density at radius 1 is 1.12 bits per heavy atom. The summed E-state index contributed by atoms with van der Waals surface area (Å²) in [6, 6.07) is 0. The summed E-state index contributed by atoms with van der Waals surface area (Å²) < 4.78 is 0. The summed E-state index contributed by atoms with van der Waals surface area (Å²) in [5.41, 5.74) is 0.331. The maximum absolute atomic E-state index is 10.5. The zero-order chi connectivity index (χ0) is 12.4. The molecule has 1 N–H and O–H groups in total. The van der Waals surface area contributed by atoms with E-state index in [2.05, 4.69) is 25.3 Å². The molecule has 0 fully saturated rings. The quantitative estimate of drug-likeness (QED) is 0.461. The van der Waals surface area contributed by atoms with Gasteiger partial charge < -0.3 is 10.0 Å². The third kappa shape index (κ3) is 7.46. The van der Waals surface area contributed by atoms with E-state index in [4.69, 9.17) is 5.11 Å². The van der Waals surface area contributed by atoms with Gasteiger partial charge in [0.2, 0.25) is 0 Å². The fourth-order valence-electron chi connectivity index (χ4n) is 1.75. The summed E-state index contributed by atoms with van der Waals surface area (Å²) >= 11 is 0. The molecule has 0 aromatic heterocycles. The zero-order valence-electron chi connectivity index (χ0n) is 10.7. The third-order valence-electron chi connectivity index (χ3n) is 2.59. The van der Waals surface area contributed by atoms with E-state index >= 15 is 0 Å². The minimum absolute atomic E-state index is 0.331. The first-order valence-corrected chi connectivity index (χ1v) is 6.25. The van der Waals surface area contributed by atoms with Gasteiger partial charge in [-0.3, -0.25) is 0 Å². The van der Waals surface area contributed by atoms with Gasteiger partial charge >= 0.3 is 5.97 Å². The van der Waals surface area contributed by atoms with Gasteiger partial charge in [-0.05, 0) is 51.7 Å². The Morgan fingerprint density at radius 2 is 1.69 bits per heavy atom. The monoisotopic (exact) mass is 227 g/mol. The molecule has 0 spiro atoms. The standard InChI is InChI=1S/C13H25NO2/c1-4-9-14(10-5-2)11-7-6-8-12(3)13(15)16/h3-11H2,1-2H3,(H,15,16). The van der Waals surface area contributed by atoms with Crippen molar-refractivity contribution in [1.29, 1.82) is 0 Å². The first-order valence-electron chi connectivity index (χ1n) is 6.25. The van der Waals surface area contributed by atoms with Crippen LogP contribution in [0.1, 0.15) is 46.0 Å². The summed E-state index contributed by atoms with van der Waals surface area (Å²) in [6.45, 7) is 11.3. The third-order valence-corrected chi connectivity index (χ3v) is 2.59. The molecule has 0 aromatic rings. The van der Waals surface area contributed by atoms with Crippen LogP contribution in [0.15, 0.2) is 12.2 Å². The normalized spacial score (nSPS) is 10.7. The second-order valence-corrected chi connectivity index (χ2v) is 4.21. The van der Waals surface area contributed by atoms with E-state index in [1.54, 1.807) is 0 Å². The predicted molar refractivity (Wildman–Crippen MR) is 67.6 cm³/mol. The lowest BCUT2D eigenvalue weighted by Gasteiger charge is -2.20. The van der Waals surface area contributed by atoms with Crippen molar-refractivity contribution in [3.05, 3.63) is 12.2 Å². The topological polar surface area (TPSA) is 40.5 Å². The molecule has 0 saturated carbocycles. The molecule has 0 amide bonds. The first kappa shape index (κ1) is 15.2. The van der Waals surface area contributed by atoms with Gasteiger partial charge in [0.15, 0.2) is 0 Å². The second-order valence-electron chi connectivity index (χ2n) is 4.21. The molecule has 0 saturated heterocycles. The minimum atomic E-state index is -0.862. The van der Waals surface area contributed by atoms with E-state index in [0.717, 1.165) is 32.5 Å². The molecule has 0 bridgehead atoms. The van der Waals surface area contributed by atoms with Crippen LogP contribution in [0.3, 0.4) is 0 Å². The molecular formula is C13H25NO2. The van der Waals surface area contributed by atoms with Crippen LogP contribution < -0.4 is 0 Å². The van der Waals surface area contributed by atoms with Crippen LogP contribution in [-0.4, -0.2) is 35.6 Å². The number of hydrogen-bond acceptors (Lipinski definition) is 2. The van der Waals surface area contributed by atoms with Gasteiger partial charge in [0, 0.05) is 5.57 Å². The van der Waals surface area contributed by atoms with Crippen LogP contribution in [-0.2, 0) is 4.79 Å². The fourth-order valence-corrected chi connectivity index (χ4v) is 1.75. The largest absolute Gasteiger partial charge is 0.478 e. The van der Waals surface area contributed by atoms with Crippen molar-refractivity contribution >= 4 is 5.97 Å². The molecule has 0 unspecified atom stereocenters. The van der Waals surface area contributed by atoms with E-state index in [1.165, 1.54) is 12.8 Å². The zero-order valence-corrected chi connectivity index (χ0v) is 10.7. The lowest BCUT2D eigenvalue weighted by Crippen LogP contribution is -2.26. The SMILES string of the molecule is C=C(CCCCN(CCC)CCC)C(=O)O. The molecular weight excluding hydrogens is 202 g/mol. The second kappa shape index (κ2) is 9.40. The van der Waals surface area contributed by atoms with E-state index in [1.807, 2.05) is 0 Å². The molecule has 0 heterocycles. The van der Waals surface area contributed by atoms with Crippen LogP contribution in [0.5, 0.6) is 0 Å². The summed E-state index contributed by atoms with van der Waals surface area (Å²) in [6.07, 6.45) is 4.96. The van der Waals surface area contributed by atoms with Crippen molar-refractivity contribution in [2.45, 2.75) is 46.0 Å². The van der Waals surface area contributed by atoms with Crippen LogP contribution in [0, 0.1) is 0 Å². The lowest BCUT2D eigenvalue weighted by atomic mass is 10.1. The first-order chi connectivity index (χ1) is 7.61. The predicted octanol–water partition coefficient (Wildman–Crippen LogP) is 2.92. The molecule has 0 aliphatic carbocycles. The highest BCUT2D eigenvalue weighted by Gasteiger charge is 2.05. The van der Waals surface area contributed by atoms with Crippen molar-refractivity contribution in [2.24, 2.45) is 0 Å². The highest BCUT2D eigenvalue weighted by Crippen LogP contribution is 2.06. The summed E-state index contributed by atoms with van der Waals surface area (Å²) in [5.74, 6) is -0.862. The Morgan fingerprint density at radius 3 is 2.12 bits per heavy atom. The van der Waals surface area contributed by atoms with E-state index in [0.29, 0.717) is 12.0 Å². The molecule has 0 aliphatic rings. The maximum atomic E-state index is 10.5. The lowest BCUT2D eigenvalue weighted by molar-refractivity contribution is -0.132. The van der Waals surface area contributed by atoms with Gasteiger partial charge in [0.05, 0.1) is 0 Å². The summed E-state index contributed by atoms with van der Waals surface area (Å²) in [4.78, 5) is 13.0. The maximum Gasteiger partial charge on any atom is 0.330 e. The van der Waals surface area contributed by atoms with Crippen molar-refractivity contribution in [3.8, 4) is 0 Å². The number of carboxylic acid groups (broad SMARTS) is 1. The van der Waals surface area contributed by atoms with Gasteiger partial charge in [-0.15, -0.1) is 0 Å². The average molecular weight is 227 g/mol. The number of carboxylic acids is 1. The highest BCUT2D eigenvalue weighted by molar-refractivity contribution is 5.85. The number of unbranched alkanes of at least 4 members (excludes halogenated alkanes) is 1. The van der Waals surface area contributed by atoms with Crippen LogP contribution in [0.25, 0.3) is 0 Å². The highest BCUT2D eigenvalue weighted by atomic mass is 16.4. The van der Waals surface area contributed by atoms with Crippen LogP contribution in [0.4, 0.5) is 0 Å². The van der Waals surface area contributed by atoms with Crippen molar-refractivity contribution < 1.29 is 9.90 Å². The molecule has 0 rings (SSSR count). The van der Waals surface area contributed by atoms with Gasteiger partial charge in [0.1, 0.15) is 0 Å². The fraction of sp³-hybridized carbons (Fsp3) is 0.769. The molecule has 0 radical (unpaired) electrons. The molecule has 16 heavy (non-hydrogen) atoms. The van der Waals surface area contributed by atoms with Crippen LogP contribution in [0.2, 0.25) is 0 Å². The Balaban J connectivity index is 3.61. The van der Waals surface area contributed by atoms with E-state index in [9.17, 15) is 4.79 Å². The molecule has 3 nitrogen and oxygen atoms in total. The van der Waals surface area contributed by atoms with Crippen molar-refractivity contribution in [1.82, 2.24) is 4.90 Å². The Kier molecular flexibility index (Phi) is 8.91. The van der Waals surface area contributed by atoms with Crippen molar-refractivity contribution in [3.63, 3.8) is 0 Å². The van der Waals surface area contributed by atoms with Gasteiger partial charge in [-0.1, -0.05) is 20.4 Å². The summed E-state index contributed by atoms with van der Waals surface area (Å²) in [7, 11) is 0. The molecule has 0 aliphatic heterocycles.